The first kappa shape index (κ1) is 17.0. The Morgan fingerprint density at radius 3 is 2.52 bits per heavy atom. The number of aromatic nitrogens is 5. The van der Waals surface area contributed by atoms with Crippen molar-refractivity contribution in [3.05, 3.63) is 40.7 Å². The van der Waals surface area contributed by atoms with Gasteiger partial charge in [-0.2, -0.15) is 9.97 Å². The number of nitrogens with two attached hydrogens (primary N) is 1. The Bertz CT molecular complexity index is 884. The van der Waals surface area contributed by atoms with Crippen molar-refractivity contribution in [2.45, 2.75) is 19.8 Å². The first-order valence-electron chi connectivity index (χ1n) is 7.36. The van der Waals surface area contributed by atoms with Crippen LogP contribution in [0.15, 0.2) is 18.6 Å². The highest BCUT2D eigenvalue weighted by Gasteiger charge is 2.24. The molecule has 0 bridgehead atoms. The van der Waals surface area contributed by atoms with Crippen molar-refractivity contribution < 1.29 is 9.13 Å². The molecule has 3 N–H and O–H groups in total. The van der Waals surface area contributed by atoms with Crippen LogP contribution in [-0.4, -0.2) is 32.0 Å². The van der Waals surface area contributed by atoms with Crippen molar-refractivity contribution in [2.24, 2.45) is 0 Å². The molecule has 0 fully saturated rings. The summed E-state index contributed by atoms with van der Waals surface area (Å²) in [4.78, 5) is 21.8. The summed E-state index contributed by atoms with van der Waals surface area (Å²) < 4.78 is 18.5. The Labute approximate surface area is 147 Å². The second-order valence-electron chi connectivity index (χ2n) is 5.24. The van der Waals surface area contributed by atoms with E-state index < -0.39 is 5.82 Å². The highest BCUT2D eigenvalue weighted by atomic mass is 32.1. The second-order valence-corrected chi connectivity index (χ2v) is 6.47. The van der Waals surface area contributed by atoms with Crippen LogP contribution < -0.4 is 15.8 Å². The Morgan fingerprint density at radius 1 is 1.20 bits per heavy atom. The Morgan fingerprint density at radius 2 is 1.92 bits per heavy atom. The summed E-state index contributed by atoms with van der Waals surface area (Å²) in [6.45, 7) is 3.80. The number of hydrogen-bond acceptors (Lipinski definition) is 9. The van der Waals surface area contributed by atoms with E-state index in [1.807, 2.05) is 13.8 Å². The largest absolute Gasteiger partial charge is 0.481 e. The summed E-state index contributed by atoms with van der Waals surface area (Å²) in [6.07, 6.45) is 3.97. The van der Waals surface area contributed by atoms with Crippen LogP contribution in [0.2, 0.25) is 0 Å². The molecule has 0 aliphatic rings. The van der Waals surface area contributed by atoms with Gasteiger partial charge in [0.15, 0.2) is 10.9 Å². The number of rotatable bonds is 5. The molecule has 0 amide bonds. The molecular formula is C15H16FN7OS. The van der Waals surface area contributed by atoms with Gasteiger partial charge >= 0.3 is 0 Å². The van der Waals surface area contributed by atoms with E-state index in [0.29, 0.717) is 28.2 Å². The van der Waals surface area contributed by atoms with Crippen molar-refractivity contribution >= 4 is 28.2 Å². The van der Waals surface area contributed by atoms with Crippen LogP contribution in [-0.2, 0) is 0 Å². The van der Waals surface area contributed by atoms with Gasteiger partial charge in [-0.05, 0) is 6.92 Å². The van der Waals surface area contributed by atoms with Crippen molar-refractivity contribution in [2.75, 3.05) is 18.2 Å². The van der Waals surface area contributed by atoms with E-state index in [4.69, 9.17) is 10.5 Å². The molecule has 10 heteroatoms. The van der Waals surface area contributed by atoms with Crippen LogP contribution in [0.5, 0.6) is 5.88 Å². The maximum atomic E-state index is 13.1. The van der Waals surface area contributed by atoms with E-state index in [0.717, 1.165) is 17.3 Å². The van der Waals surface area contributed by atoms with E-state index >= 15 is 0 Å². The summed E-state index contributed by atoms with van der Waals surface area (Å²) in [5, 5.41) is 3.80. The van der Waals surface area contributed by atoms with Gasteiger partial charge < -0.3 is 15.8 Å². The highest BCUT2D eigenvalue weighted by Crippen LogP contribution is 2.36. The lowest BCUT2D eigenvalue weighted by Crippen LogP contribution is -2.12. The standard InChI is InChI=1S/C15H16FN7OS/c1-7-4-20-15(25-7)22-12-10(13(24-3)23-14(17)21-12)8(2)11-18-5-9(16)6-19-11/h4-6,8H,1-3H3,(H3,17,20,21,22,23). The van der Waals surface area contributed by atoms with Gasteiger partial charge in [0.05, 0.1) is 31.0 Å². The molecule has 0 radical (unpaired) electrons. The number of anilines is 3. The molecule has 0 aromatic carbocycles. The molecule has 8 nitrogen and oxygen atoms in total. The number of methoxy groups -OCH3 is 1. The van der Waals surface area contributed by atoms with Crippen molar-refractivity contribution in [1.29, 1.82) is 0 Å². The van der Waals surface area contributed by atoms with Crippen LogP contribution in [0.3, 0.4) is 0 Å². The minimum atomic E-state index is -0.506. The van der Waals surface area contributed by atoms with Gasteiger partial charge in [-0.25, -0.2) is 19.3 Å². The van der Waals surface area contributed by atoms with E-state index in [9.17, 15) is 4.39 Å². The van der Waals surface area contributed by atoms with E-state index in [-0.39, 0.29) is 11.9 Å². The van der Waals surface area contributed by atoms with Gasteiger partial charge in [0.25, 0.3) is 0 Å². The number of hydrogen-bond donors (Lipinski definition) is 2. The zero-order chi connectivity index (χ0) is 18.0. The zero-order valence-electron chi connectivity index (χ0n) is 13.8. The van der Waals surface area contributed by atoms with Crippen LogP contribution in [0.25, 0.3) is 0 Å². The Kier molecular flexibility index (Phi) is 4.70. The van der Waals surface area contributed by atoms with Crippen LogP contribution in [0.1, 0.15) is 29.1 Å². The van der Waals surface area contributed by atoms with Crippen LogP contribution >= 0.6 is 11.3 Å². The third kappa shape index (κ3) is 3.63. The lowest BCUT2D eigenvalue weighted by molar-refractivity contribution is 0.390. The molecule has 130 valence electrons. The lowest BCUT2D eigenvalue weighted by Gasteiger charge is -2.17. The third-order valence-corrected chi connectivity index (χ3v) is 4.26. The van der Waals surface area contributed by atoms with Crippen LogP contribution in [0.4, 0.5) is 21.3 Å². The maximum Gasteiger partial charge on any atom is 0.225 e. The lowest BCUT2D eigenvalue weighted by atomic mass is 10.0. The number of nitrogen functional groups attached to an aromatic ring is 1. The number of ether oxygens (including phenoxy) is 1. The molecule has 0 spiro atoms. The first-order chi connectivity index (χ1) is 12.0. The summed E-state index contributed by atoms with van der Waals surface area (Å²) >= 11 is 1.47. The number of halogens is 1. The van der Waals surface area contributed by atoms with Crippen molar-refractivity contribution in [3.8, 4) is 5.88 Å². The predicted octanol–water partition coefficient (Wildman–Crippen LogP) is 2.66. The molecule has 25 heavy (non-hydrogen) atoms. The average molecular weight is 361 g/mol. The maximum absolute atomic E-state index is 13.1. The summed E-state index contributed by atoms with van der Waals surface area (Å²) in [6, 6.07) is 0. The molecule has 0 aliphatic heterocycles. The quantitative estimate of drug-likeness (QED) is 0.713. The molecule has 3 rings (SSSR count). The number of thiazole rings is 1. The predicted molar refractivity (Wildman–Crippen MR) is 92.6 cm³/mol. The molecule has 3 aromatic heterocycles. The number of nitrogens with zero attached hydrogens (tertiary/aromatic N) is 5. The second kappa shape index (κ2) is 6.93. The highest BCUT2D eigenvalue weighted by molar-refractivity contribution is 7.15. The average Bonchev–Trinajstić information content (AvgIpc) is 2.99. The number of aryl methyl sites for hydroxylation is 1. The molecule has 3 aromatic rings. The molecule has 0 saturated carbocycles. The van der Waals surface area contributed by atoms with Gasteiger partial charge in [0.1, 0.15) is 11.6 Å². The molecule has 0 saturated heterocycles. The number of nitrogens with one attached hydrogen (secondary N) is 1. The van der Waals surface area contributed by atoms with Gasteiger partial charge in [-0.3, -0.25) is 0 Å². The summed E-state index contributed by atoms with van der Waals surface area (Å²) in [7, 11) is 1.49. The monoisotopic (exact) mass is 361 g/mol. The normalized spacial score (nSPS) is 12.0. The van der Waals surface area contributed by atoms with E-state index in [2.05, 4.69) is 30.2 Å². The smallest absolute Gasteiger partial charge is 0.225 e. The zero-order valence-corrected chi connectivity index (χ0v) is 14.6. The molecular weight excluding hydrogens is 345 g/mol. The topological polar surface area (TPSA) is 112 Å². The SMILES string of the molecule is COc1nc(N)nc(Nc2ncc(C)s2)c1C(C)c1ncc(F)cn1. The van der Waals surface area contributed by atoms with Gasteiger partial charge in [0.2, 0.25) is 11.8 Å². The Hall–Kier alpha value is -2.88. The molecule has 0 aliphatic carbocycles. The van der Waals surface area contributed by atoms with E-state index in [1.54, 1.807) is 6.20 Å². The minimum Gasteiger partial charge on any atom is -0.481 e. The van der Waals surface area contributed by atoms with Gasteiger partial charge in [0, 0.05) is 11.1 Å². The third-order valence-electron chi connectivity index (χ3n) is 3.43. The Balaban J connectivity index is 2.07. The minimum absolute atomic E-state index is 0.0589. The van der Waals surface area contributed by atoms with Crippen molar-refractivity contribution in [3.63, 3.8) is 0 Å². The summed E-state index contributed by atoms with van der Waals surface area (Å²) in [5.41, 5.74) is 6.39. The fourth-order valence-corrected chi connectivity index (χ4v) is 2.96. The van der Waals surface area contributed by atoms with Gasteiger partial charge in [-0.15, -0.1) is 11.3 Å². The molecule has 3 heterocycles. The van der Waals surface area contributed by atoms with Crippen molar-refractivity contribution in [1.82, 2.24) is 24.9 Å². The molecule has 1 atom stereocenters. The fourth-order valence-electron chi connectivity index (χ4n) is 2.30. The molecule has 1 unspecified atom stereocenters. The van der Waals surface area contributed by atoms with Gasteiger partial charge in [-0.1, -0.05) is 6.92 Å². The van der Waals surface area contributed by atoms with E-state index in [1.165, 1.54) is 18.4 Å². The summed E-state index contributed by atoms with van der Waals surface area (Å²) in [5.74, 6) is 0.339. The first-order valence-corrected chi connectivity index (χ1v) is 8.18. The van der Waals surface area contributed by atoms with Crippen LogP contribution in [0, 0.1) is 12.7 Å². The fraction of sp³-hybridized carbons (Fsp3) is 0.267.